The van der Waals surface area contributed by atoms with Crippen molar-refractivity contribution in [3.63, 3.8) is 0 Å². The van der Waals surface area contributed by atoms with E-state index in [1.54, 1.807) is 0 Å². The molecular weight excluding hydrogens is 626 g/mol. The van der Waals surface area contributed by atoms with Gasteiger partial charge in [-0.05, 0) is 36.5 Å². The molecule has 1 saturated carbocycles. The van der Waals surface area contributed by atoms with E-state index in [9.17, 15) is 0 Å². The van der Waals surface area contributed by atoms with E-state index in [0.717, 1.165) is 22.6 Å². The van der Waals surface area contributed by atoms with Gasteiger partial charge >= 0.3 is 26.2 Å². The molecule has 0 amide bonds. The third-order valence-electron chi connectivity index (χ3n) is 6.99. The summed E-state index contributed by atoms with van der Waals surface area (Å²) in [5, 5.41) is 4.91. The van der Waals surface area contributed by atoms with Crippen LogP contribution in [0.15, 0.2) is 126 Å². The fraction of sp³-hybridized carbons (Fsp3) is 0.317. The maximum atomic E-state index is 5.07. The van der Waals surface area contributed by atoms with Gasteiger partial charge in [-0.25, -0.2) is 0 Å². The van der Waals surface area contributed by atoms with E-state index in [2.05, 4.69) is 83.7 Å². The molecule has 1 aliphatic carbocycles. The minimum Gasteiger partial charge on any atom is -0.421 e. The molecule has 4 heteroatoms. The topological polar surface area (TPSA) is 29.7 Å². The van der Waals surface area contributed by atoms with Crippen LogP contribution in [0, 0.1) is 20.8 Å². The summed E-state index contributed by atoms with van der Waals surface area (Å²) in [6.45, 7) is 20.8. The van der Waals surface area contributed by atoms with Crippen LogP contribution in [0.3, 0.4) is 0 Å². The van der Waals surface area contributed by atoms with Gasteiger partial charge in [0.25, 0.3) is 0 Å². The minimum atomic E-state index is 0. The first kappa shape index (κ1) is 39.7. The second-order valence-corrected chi connectivity index (χ2v) is 11.6. The molecule has 0 radical (unpaired) electrons. The van der Waals surface area contributed by atoms with Crippen LogP contribution in [0.5, 0.6) is 0 Å². The monoisotopic (exact) mass is 677 g/mol. The Balaban J connectivity index is 0.000000370. The number of aliphatic imine (C=N–C) groups is 1. The Morgan fingerprint density at radius 3 is 1.29 bits per heavy atom. The summed E-state index contributed by atoms with van der Waals surface area (Å²) in [5.74, 6) is 0.950. The number of rotatable bonds is 5. The van der Waals surface area contributed by atoms with Crippen molar-refractivity contribution in [1.82, 2.24) is 4.90 Å². The van der Waals surface area contributed by atoms with Crippen LogP contribution in [0.2, 0.25) is 0 Å². The average Bonchev–Trinajstić information content (AvgIpc) is 3.03. The molecule has 0 spiro atoms. The van der Waals surface area contributed by atoms with E-state index in [0.29, 0.717) is 24.7 Å². The van der Waals surface area contributed by atoms with E-state index in [1.165, 1.54) is 37.7 Å². The van der Waals surface area contributed by atoms with Gasteiger partial charge in [-0.1, -0.05) is 95.5 Å². The molecule has 0 aliphatic heterocycles. The van der Waals surface area contributed by atoms with Gasteiger partial charge in [-0.3, -0.25) is 0 Å². The van der Waals surface area contributed by atoms with Crippen molar-refractivity contribution in [3.05, 3.63) is 170 Å². The zero-order chi connectivity index (χ0) is 32.0. The first-order valence-electron chi connectivity index (χ1n) is 15.9. The summed E-state index contributed by atoms with van der Waals surface area (Å²) in [5.41, 5.74) is 4.46. The molecular formula is C41H53N3Zr. The van der Waals surface area contributed by atoms with Crippen LogP contribution in [-0.2, 0) is 32.7 Å². The molecule has 3 nitrogen and oxygen atoms in total. The Hall–Kier alpha value is -3.36. The fourth-order valence-electron chi connectivity index (χ4n) is 4.80. The third kappa shape index (κ3) is 18.3. The molecule has 0 N–H and O–H groups in total. The SMILES string of the molecule is CC(C)N(C(=NC1CCCCC1)[N-]Cc1ccccc1)C(C)C.[CH2-]c1ccccc1.[CH2-]c1ccccc1.[CH2-]c1ccccc1.[Zr+4]. The largest absolute Gasteiger partial charge is 4.00 e. The predicted octanol–water partition coefficient (Wildman–Crippen LogP) is 11.0. The van der Waals surface area contributed by atoms with Crippen molar-refractivity contribution in [2.45, 2.75) is 84.5 Å². The van der Waals surface area contributed by atoms with Gasteiger partial charge in [-0.15, -0.1) is 36.4 Å². The van der Waals surface area contributed by atoms with Gasteiger partial charge in [0.2, 0.25) is 0 Å². The maximum Gasteiger partial charge on any atom is 4.00 e. The van der Waals surface area contributed by atoms with E-state index >= 15 is 0 Å². The Labute approximate surface area is 294 Å². The van der Waals surface area contributed by atoms with Crippen LogP contribution in [0.25, 0.3) is 5.32 Å². The normalized spacial score (nSPS) is 12.6. The summed E-state index contributed by atoms with van der Waals surface area (Å²) in [7, 11) is 0. The summed E-state index contributed by atoms with van der Waals surface area (Å²) in [6.07, 6.45) is 6.41. The Morgan fingerprint density at radius 1 is 0.622 bits per heavy atom. The van der Waals surface area contributed by atoms with E-state index < -0.39 is 0 Å². The van der Waals surface area contributed by atoms with E-state index in [4.69, 9.17) is 10.3 Å². The standard InChI is InChI=1S/C20H32N3.3C7H7.Zr/c1-16(2)23(17(3)4)20(22-19-13-9-6-10-14-19)21-15-18-11-7-5-8-12-18;3*1-7-5-3-2-4-6-7;/h5,7-8,11-12,16-17,19H,6,9-10,13-15H2,1-4H3;3*2-6H,1H2;/q4*-1;+4. The number of benzene rings is 4. The van der Waals surface area contributed by atoms with Crippen molar-refractivity contribution >= 4 is 5.96 Å². The Kier molecular flexibility index (Phi) is 21.1. The second-order valence-electron chi connectivity index (χ2n) is 11.6. The molecule has 1 fully saturated rings. The summed E-state index contributed by atoms with van der Waals surface area (Å²) >= 11 is 0. The molecule has 0 heterocycles. The van der Waals surface area contributed by atoms with Crippen LogP contribution in [0.4, 0.5) is 0 Å². The number of guanidine groups is 1. The van der Waals surface area contributed by atoms with Crippen molar-refractivity contribution in [1.29, 1.82) is 0 Å². The number of hydrogen-bond acceptors (Lipinski definition) is 1. The maximum absolute atomic E-state index is 5.07. The van der Waals surface area contributed by atoms with Crippen LogP contribution in [0.1, 0.15) is 82.1 Å². The zero-order valence-corrected chi connectivity index (χ0v) is 30.4. The average molecular weight is 679 g/mol. The molecule has 0 unspecified atom stereocenters. The van der Waals surface area contributed by atoms with Crippen molar-refractivity contribution in [2.75, 3.05) is 0 Å². The number of hydrogen-bond donors (Lipinski definition) is 0. The minimum absolute atomic E-state index is 0. The molecule has 4 aromatic carbocycles. The van der Waals surface area contributed by atoms with Crippen molar-refractivity contribution in [2.24, 2.45) is 4.99 Å². The van der Waals surface area contributed by atoms with Crippen LogP contribution in [-0.4, -0.2) is 29.0 Å². The van der Waals surface area contributed by atoms with Gasteiger partial charge in [0.05, 0.1) is 0 Å². The van der Waals surface area contributed by atoms with Crippen molar-refractivity contribution in [3.8, 4) is 0 Å². The Bertz CT molecular complexity index is 1160. The summed E-state index contributed by atoms with van der Waals surface area (Å²) in [4.78, 5) is 7.43. The van der Waals surface area contributed by atoms with E-state index in [-0.39, 0.29) is 26.2 Å². The van der Waals surface area contributed by atoms with Gasteiger partial charge < -0.3 is 15.2 Å². The first-order valence-corrected chi connectivity index (χ1v) is 15.9. The smallest absolute Gasteiger partial charge is 0.421 e. The Morgan fingerprint density at radius 2 is 0.978 bits per heavy atom. The fourth-order valence-corrected chi connectivity index (χ4v) is 4.80. The van der Waals surface area contributed by atoms with Crippen LogP contribution >= 0.6 is 0 Å². The second kappa shape index (κ2) is 23.9. The summed E-state index contributed by atoms with van der Waals surface area (Å²) in [6, 6.07) is 41.4. The van der Waals surface area contributed by atoms with Gasteiger partial charge in [0.1, 0.15) is 0 Å². The molecule has 45 heavy (non-hydrogen) atoms. The van der Waals surface area contributed by atoms with Crippen molar-refractivity contribution < 1.29 is 26.2 Å². The molecule has 236 valence electrons. The molecule has 5 rings (SSSR count). The molecule has 0 bridgehead atoms. The molecule has 4 aromatic rings. The van der Waals surface area contributed by atoms with E-state index in [1.807, 2.05) is 91.0 Å². The van der Waals surface area contributed by atoms with Gasteiger partial charge in [0.15, 0.2) is 0 Å². The van der Waals surface area contributed by atoms with Gasteiger partial charge in [0, 0.05) is 12.5 Å². The third-order valence-corrected chi connectivity index (χ3v) is 6.99. The quantitative estimate of drug-likeness (QED) is 0.117. The van der Waals surface area contributed by atoms with Gasteiger partial charge in [-0.2, -0.15) is 73.9 Å². The molecule has 1 aliphatic rings. The number of nitrogens with zero attached hydrogens (tertiary/aromatic N) is 3. The summed E-state index contributed by atoms with van der Waals surface area (Å²) < 4.78 is 0. The molecule has 0 saturated heterocycles. The zero-order valence-electron chi connectivity index (χ0n) is 28.0. The first-order chi connectivity index (χ1) is 21.3. The molecule has 0 atom stereocenters. The molecule has 0 aromatic heterocycles. The van der Waals surface area contributed by atoms with Crippen LogP contribution < -0.4 is 0 Å². The predicted molar refractivity (Wildman–Crippen MR) is 193 cm³/mol.